The molecular weight excluding hydrogens is 322 g/mol. The molecule has 4 nitrogen and oxygen atoms in total. The first kappa shape index (κ1) is 16.8. The second kappa shape index (κ2) is 7.64. The fourth-order valence-electron chi connectivity index (χ4n) is 1.85. The Hall–Kier alpha value is -2.54. The van der Waals surface area contributed by atoms with Gasteiger partial charge in [-0.05, 0) is 36.5 Å². The molecule has 0 saturated carbocycles. The first-order valence-electron chi connectivity index (χ1n) is 6.64. The summed E-state index contributed by atoms with van der Waals surface area (Å²) in [6.45, 7) is 0. The Balaban J connectivity index is 2.02. The zero-order chi connectivity index (χ0) is 16.8. The smallest absolute Gasteiger partial charge is 0.263 e. The Kier molecular flexibility index (Phi) is 5.59. The van der Waals surface area contributed by atoms with E-state index in [1.807, 2.05) is 0 Å². The number of benzene rings is 2. The van der Waals surface area contributed by atoms with Gasteiger partial charge in [0.1, 0.15) is 5.75 Å². The summed E-state index contributed by atoms with van der Waals surface area (Å²) in [6, 6.07) is 12.2. The van der Waals surface area contributed by atoms with Gasteiger partial charge in [0.05, 0.1) is 7.11 Å². The lowest BCUT2D eigenvalue weighted by atomic mass is 10.1. The molecule has 2 N–H and O–H groups in total. The van der Waals surface area contributed by atoms with Crippen LogP contribution in [0.5, 0.6) is 5.75 Å². The lowest BCUT2D eigenvalue weighted by Crippen LogP contribution is -2.34. The van der Waals surface area contributed by atoms with Crippen LogP contribution < -0.4 is 15.4 Å². The molecule has 0 heterocycles. The van der Waals surface area contributed by atoms with E-state index in [9.17, 15) is 13.6 Å². The van der Waals surface area contributed by atoms with Crippen LogP contribution in [0.4, 0.5) is 14.5 Å². The van der Waals surface area contributed by atoms with Gasteiger partial charge >= 0.3 is 0 Å². The highest BCUT2D eigenvalue weighted by atomic mass is 32.1. The normalized spacial score (nSPS) is 10.3. The predicted molar refractivity (Wildman–Crippen MR) is 88.1 cm³/mol. The monoisotopic (exact) mass is 336 g/mol. The van der Waals surface area contributed by atoms with E-state index in [2.05, 4.69) is 10.6 Å². The van der Waals surface area contributed by atoms with E-state index in [1.165, 1.54) is 25.3 Å². The van der Waals surface area contributed by atoms with Gasteiger partial charge in [-0.1, -0.05) is 18.2 Å². The van der Waals surface area contributed by atoms with Crippen molar-refractivity contribution in [1.82, 2.24) is 5.32 Å². The molecule has 0 aliphatic carbocycles. The Morgan fingerprint density at radius 2 is 1.91 bits per heavy atom. The summed E-state index contributed by atoms with van der Waals surface area (Å²) in [7, 11) is 1.54. The number of rotatable bonds is 4. The summed E-state index contributed by atoms with van der Waals surface area (Å²) in [5.41, 5.74) is 0.526. The molecule has 23 heavy (non-hydrogen) atoms. The molecule has 120 valence electrons. The average Bonchev–Trinajstić information content (AvgIpc) is 2.55. The number of thiocarbonyl (C=S) groups is 1. The standard InChI is InChI=1S/C16H14F2N2O2S/c1-22-13-7-3-6-12(9-13)19-16(23)20-15(21)11-5-2-4-10(8-11)14(17)18/h2-9,14H,1H3,(H2,19,20,21,23). The van der Waals surface area contributed by atoms with E-state index in [0.29, 0.717) is 11.4 Å². The third-order valence-corrected chi connectivity index (χ3v) is 3.16. The number of halogens is 2. The van der Waals surface area contributed by atoms with Crippen LogP contribution in [-0.2, 0) is 0 Å². The first-order chi connectivity index (χ1) is 11.0. The minimum Gasteiger partial charge on any atom is -0.497 e. The highest BCUT2D eigenvalue weighted by Gasteiger charge is 2.12. The molecule has 0 spiro atoms. The maximum absolute atomic E-state index is 12.7. The Morgan fingerprint density at radius 1 is 1.17 bits per heavy atom. The number of anilines is 1. The SMILES string of the molecule is COc1cccc(NC(=S)NC(=O)c2cccc(C(F)F)c2)c1. The van der Waals surface area contributed by atoms with Crippen molar-refractivity contribution in [3.63, 3.8) is 0 Å². The van der Waals surface area contributed by atoms with Crippen LogP contribution in [-0.4, -0.2) is 18.1 Å². The Labute approximate surface area is 137 Å². The minimum absolute atomic E-state index is 0.0608. The van der Waals surface area contributed by atoms with E-state index in [1.54, 1.807) is 24.3 Å². The summed E-state index contributed by atoms with van der Waals surface area (Å²) in [5, 5.41) is 5.33. The van der Waals surface area contributed by atoms with Crippen molar-refractivity contribution in [3.05, 3.63) is 59.7 Å². The van der Waals surface area contributed by atoms with Gasteiger partial charge in [-0.15, -0.1) is 0 Å². The summed E-state index contributed by atoms with van der Waals surface area (Å²) >= 11 is 5.04. The molecule has 2 aromatic rings. The topological polar surface area (TPSA) is 50.4 Å². The number of hydrogen-bond donors (Lipinski definition) is 2. The van der Waals surface area contributed by atoms with Crippen molar-refractivity contribution in [2.45, 2.75) is 6.43 Å². The van der Waals surface area contributed by atoms with E-state index >= 15 is 0 Å². The molecule has 0 atom stereocenters. The van der Waals surface area contributed by atoms with Crippen LogP contribution in [0, 0.1) is 0 Å². The van der Waals surface area contributed by atoms with Crippen LogP contribution in [0.15, 0.2) is 48.5 Å². The number of hydrogen-bond acceptors (Lipinski definition) is 3. The van der Waals surface area contributed by atoms with Crippen molar-refractivity contribution in [1.29, 1.82) is 0 Å². The summed E-state index contributed by atoms with van der Waals surface area (Å²) in [4.78, 5) is 12.0. The predicted octanol–water partition coefficient (Wildman–Crippen LogP) is 3.76. The van der Waals surface area contributed by atoms with Crippen molar-refractivity contribution >= 4 is 28.9 Å². The molecule has 0 unspecified atom stereocenters. The molecule has 7 heteroatoms. The number of carbonyl (C=O) groups excluding carboxylic acids is 1. The number of amides is 1. The summed E-state index contributed by atoms with van der Waals surface area (Å²) < 4.78 is 30.4. The van der Waals surface area contributed by atoms with Gasteiger partial charge in [-0.25, -0.2) is 8.78 Å². The van der Waals surface area contributed by atoms with Crippen LogP contribution in [0.2, 0.25) is 0 Å². The molecule has 0 bridgehead atoms. The Morgan fingerprint density at radius 3 is 2.61 bits per heavy atom. The number of methoxy groups -OCH3 is 1. The third-order valence-electron chi connectivity index (χ3n) is 2.96. The number of alkyl halides is 2. The molecule has 2 aromatic carbocycles. The third kappa shape index (κ3) is 4.72. The fourth-order valence-corrected chi connectivity index (χ4v) is 2.06. The quantitative estimate of drug-likeness (QED) is 0.835. The fraction of sp³-hybridized carbons (Fsp3) is 0.125. The number of ether oxygens (including phenoxy) is 1. The van der Waals surface area contributed by atoms with Gasteiger partial charge in [0.25, 0.3) is 12.3 Å². The van der Waals surface area contributed by atoms with Crippen LogP contribution in [0.25, 0.3) is 0 Å². The van der Waals surface area contributed by atoms with Gasteiger partial charge < -0.3 is 10.1 Å². The van der Waals surface area contributed by atoms with E-state index in [-0.39, 0.29) is 16.2 Å². The Bertz CT molecular complexity index is 723. The molecule has 1 amide bonds. The van der Waals surface area contributed by atoms with Gasteiger partial charge in [-0.2, -0.15) is 0 Å². The van der Waals surface area contributed by atoms with Crippen molar-refractivity contribution in [3.8, 4) is 5.75 Å². The van der Waals surface area contributed by atoms with Gasteiger partial charge in [-0.3, -0.25) is 10.1 Å². The molecular formula is C16H14F2N2O2S. The highest BCUT2D eigenvalue weighted by Crippen LogP contribution is 2.19. The molecule has 0 aliphatic heterocycles. The minimum atomic E-state index is -2.63. The average molecular weight is 336 g/mol. The molecule has 0 aliphatic rings. The summed E-state index contributed by atoms with van der Waals surface area (Å²) in [6.07, 6.45) is -2.63. The molecule has 0 saturated heterocycles. The van der Waals surface area contributed by atoms with Crippen molar-refractivity contribution in [2.24, 2.45) is 0 Å². The molecule has 2 rings (SSSR count). The van der Waals surface area contributed by atoms with E-state index in [0.717, 1.165) is 6.07 Å². The van der Waals surface area contributed by atoms with Crippen molar-refractivity contribution < 1.29 is 18.3 Å². The molecule has 0 aromatic heterocycles. The molecule has 0 fully saturated rings. The van der Waals surface area contributed by atoms with Gasteiger partial charge in [0.2, 0.25) is 0 Å². The zero-order valence-electron chi connectivity index (χ0n) is 12.2. The summed E-state index contributed by atoms with van der Waals surface area (Å²) in [5.74, 6) is 0.0710. The van der Waals surface area contributed by atoms with Gasteiger partial charge in [0, 0.05) is 22.9 Å². The first-order valence-corrected chi connectivity index (χ1v) is 7.05. The van der Waals surface area contributed by atoms with E-state index < -0.39 is 12.3 Å². The number of carbonyl (C=O) groups is 1. The second-order valence-corrected chi connectivity index (χ2v) is 4.97. The van der Waals surface area contributed by atoms with Crippen LogP contribution >= 0.6 is 12.2 Å². The van der Waals surface area contributed by atoms with Crippen LogP contribution in [0.1, 0.15) is 22.3 Å². The number of nitrogens with one attached hydrogen (secondary N) is 2. The lowest BCUT2D eigenvalue weighted by Gasteiger charge is -2.11. The van der Waals surface area contributed by atoms with E-state index in [4.69, 9.17) is 17.0 Å². The van der Waals surface area contributed by atoms with Crippen molar-refractivity contribution in [2.75, 3.05) is 12.4 Å². The molecule has 0 radical (unpaired) electrons. The second-order valence-electron chi connectivity index (χ2n) is 4.57. The van der Waals surface area contributed by atoms with Gasteiger partial charge in [0.15, 0.2) is 5.11 Å². The van der Waals surface area contributed by atoms with Crippen LogP contribution in [0.3, 0.4) is 0 Å². The highest BCUT2D eigenvalue weighted by molar-refractivity contribution is 7.80. The lowest BCUT2D eigenvalue weighted by molar-refractivity contribution is 0.0977. The maximum atomic E-state index is 12.7. The zero-order valence-corrected chi connectivity index (χ0v) is 13.0. The maximum Gasteiger partial charge on any atom is 0.263 e. The largest absolute Gasteiger partial charge is 0.497 e.